The quantitative estimate of drug-likeness (QED) is 0.820. The van der Waals surface area contributed by atoms with E-state index in [9.17, 15) is 8.42 Å². The first-order valence-corrected chi connectivity index (χ1v) is 9.28. The highest BCUT2D eigenvalue weighted by Gasteiger charge is 2.29. The van der Waals surface area contributed by atoms with E-state index in [1.54, 1.807) is 4.68 Å². The van der Waals surface area contributed by atoms with Gasteiger partial charge in [0.1, 0.15) is 5.82 Å². The summed E-state index contributed by atoms with van der Waals surface area (Å²) in [7, 11) is -3.41. The molecule has 0 spiro atoms. The summed E-state index contributed by atoms with van der Waals surface area (Å²) < 4.78 is 25.8. The Balaban J connectivity index is 2.43. The van der Waals surface area contributed by atoms with Gasteiger partial charge in [0.2, 0.25) is 0 Å². The molecule has 0 saturated carbocycles. The van der Waals surface area contributed by atoms with Gasteiger partial charge in [-0.2, -0.15) is 5.10 Å². The number of hydrogen-bond acceptors (Lipinski definition) is 6. The summed E-state index contributed by atoms with van der Waals surface area (Å²) in [6.07, 6.45) is 3.12. The average molecular weight is 315 g/mol. The van der Waals surface area contributed by atoms with Crippen molar-refractivity contribution in [1.82, 2.24) is 15.1 Å². The van der Waals surface area contributed by atoms with Crippen LogP contribution in [0, 0.1) is 0 Å². The lowest BCUT2D eigenvalue weighted by atomic mass is 10.2. The van der Waals surface area contributed by atoms with Crippen LogP contribution in [-0.2, 0) is 16.4 Å². The predicted molar refractivity (Wildman–Crippen MR) is 84.3 cm³/mol. The normalized spacial score (nSPS) is 20.0. The predicted octanol–water partition coefficient (Wildman–Crippen LogP) is 0.467. The van der Waals surface area contributed by atoms with Crippen LogP contribution in [-0.4, -0.2) is 50.1 Å². The lowest BCUT2D eigenvalue weighted by Gasteiger charge is -2.32. The first kappa shape index (κ1) is 16.1. The molecule has 1 saturated heterocycles. The van der Waals surface area contributed by atoms with Gasteiger partial charge in [-0.05, 0) is 13.3 Å². The SMILES string of the molecule is CCCCn1nc(N2CCNC(C)C2)c(S(C)(=O)=O)c1N. The van der Waals surface area contributed by atoms with E-state index in [0.717, 1.165) is 32.5 Å². The largest absolute Gasteiger partial charge is 0.383 e. The third kappa shape index (κ3) is 3.49. The number of rotatable bonds is 5. The van der Waals surface area contributed by atoms with Gasteiger partial charge >= 0.3 is 0 Å². The Labute approximate surface area is 126 Å². The third-order valence-electron chi connectivity index (χ3n) is 3.69. The molecule has 3 N–H and O–H groups in total. The molecule has 0 amide bonds. The number of hydrogen-bond donors (Lipinski definition) is 2. The van der Waals surface area contributed by atoms with E-state index < -0.39 is 9.84 Å². The van der Waals surface area contributed by atoms with Gasteiger partial charge in [-0.3, -0.25) is 0 Å². The van der Waals surface area contributed by atoms with Crippen LogP contribution in [0.2, 0.25) is 0 Å². The molecule has 1 unspecified atom stereocenters. The van der Waals surface area contributed by atoms with Crippen molar-refractivity contribution in [2.45, 2.75) is 44.2 Å². The highest BCUT2D eigenvalue weighted by Crippen LogP contribution is 2.30. The van der Waals surface area contributed by atoms with Gasteiger partial charge in [-0.1, -0.05) is 13.3 Å². The number of nitrogens with two attached hydrogens (primary N) is 1. The second-order valence-corrected chi connectivity index (χ2v) is 7.64. The summed E-state index contributed by atoms with van der Waals surface area (Å²) in [5.41, 5.74) is 6.05. The fraction of sp³-hybridized carbons (Fsp3) is 0.769. The van der Waals surface area contributed by atoms with Gasteiger partial charge < -0.3 is 16.0 Å². The molecular weight excluding hydrogens is 290 g/mol. The molecule has 1 aliphatic heterocycles. The molecule has 1 fully saturated rings. The second kappa shape index (κ2) is 6.23. The first-order valence-electron chi connectivity index (χ1n) is 7.39. The van der Waals surface area contributed by atoms with Gasteiger partial charge in [0.25, 0.3) is 0 Å². The Morgan fingerprint density at radius 3 is 2.76 bits per heavy atom. The Morgan fingerprint density at radius 2 is 2.19 bits per heavy atom. The maximum absolute atomic E-state index is 12.1. The monoisotopic (exact) mass is 315 g/mol. The number of nitrogens with one attached hydrogen (secondary N) is 1. The maximum atomic E-state index is 12.1. The van der Waals surface area contributed by atoms with Crippen LogP contribution in [0.5, 0.6) is 0 Å². The molecule has 2 rings (SSSR count). The summed E-state index contributed by atoms with van der Waals surface area (Å²) in [5.74, 6) is 0.756. The number of piperazine rings is 1. The van der Waals surface area contributed by atoms with Crippen molar-refractivity contribution in [3.05, 3.63) is 0 Å². The van der Waals surface area contributed by atoms with E-state index in [-0.39, 0.29) is 10.7 Å². The van der Waals surface area contributed by atoms with E-state index in [1.807, 2.05) is 4.90 Å². The minimum atomic E-state index is -3.41. The van der Waals surface area contributed by atoms with Crippen molar-refractivity contribution in [3.8, 4) is 0 Å². The standard InChI is InChI=1S/C13H25N5O2S/c1-4-5-7-18-12(14)11(21(3,19)20)13(16-18)17-8-6-15-10(2)9-17/h10,15H,4-9,14H2,1-3H3. The van der Waals surface area contributed by atoms with Gasteiger partial charge in [-0.25, -0.2) is 13.1 Å². The molecule has 0 bridgehead atoms. The zero-order chi connectivity index (χ0) is 15.6. The van der Waals surface area contributed by atoms with Crippen molar-refractivity contribution < 1.29 is 8.42 Å². The van der Waals surface area contributed by atoms with Crippen LogP contribution in [0.15, 0.2) is 4.90 Å². The number of nitrogens with zero attached hydrogens (tertiary/aromatic N) is 3. The molecule has 21 heavy (non-hydrogen) atoms. The van der Waals surface area contributed by atoms with Crippen LogP contribution in [0.25, 0.3) is 0 Å². The van der Waals surface area contributed by atoms with Gasteiger partial charge in [0, 0.05) is 38.5 Å². The summed E-state index contributed by atoms with van der Waals surface area (Å²) in [4.78, 5) is 2.18. The fourth-order valence-corrected chi connectivity index (χ4v) is 3.60. The van der Waals surface area contributed by atoms with Crippen LogP contribution >= 0.6 is 0 Å². The Hall–Kier alpha value is -1.28. The number of sulfone groups is 1. The van der Waals surface area contributed by atoms with E-state index in [2.05, 4.69) is 24.3 Å². The molecule has 0 aliphatic carbocycles. The van der Waals surface area contributed by atoms with Gasteiger partial charge in [-0.15, -0.1) is 0 Å². The summed E-state index contributed by atoms with van der Waals surface area (Å²) in [5, 5.41) is 7.82. The van der Waals surface area contributed by atoms with Gasteiger partial charge in [0.05, 0.1) is 0 Å². The topological polar surface area (TPSA) is 93.2 Å². The van der Waals surface area contributed by atoms with Gasteiger partial charge in [0.15, 0.2) is 20.6 Å². The third-order valence-corrected chi connectivity index (χ3v) is 4.83. The molecular formula is C13H25N5O2S. The first-order chi connectivity index (χ1) is 9.84. The van der Waals surface area contributed by atoms with Crippen LogP contribution in [0.3, 0.4) is 0 Å². The molecule has 120 valence electrons. The van der Waals surface area contributed by atoms with Crippen molar-refractivity contribution in [2.75, 3.05) is 36.5 Å². The Morgan fingerprint density at radius 1 is 1.48 bits per heavy atom. The zero-order valence-electron chi connectivity index (χ0n) is 13.0. The molecule has 1 aromatic heterocycles. The molecule has 1 aliphatic rings. The lowest BCUT2D eigenvalue weighted by molar-refractivity contribution is 0.477. The fourth-order valence-electron chi connectivity index (χ4n) is 2.61. The Kier molecular flexibility index (Phi) is 4.77. The number of anilines is 2. The van der Waals surface area contributed by atoms with Crippen molar-refractivity contribution in [1.29, 1.82) is 0 Å². The molecule has 8 heteroatoms. The van der Waals surface area contributed by atoms with Crippen LogP contribution in [0.4, 0.5) is 11.6 Å². The highest BCUT2D eigenvalue weighted by molar-refractivity contribution is 7.91. The number of aromatic nitrogens is 2. The smallest absolute Gasteiger partial charge is 0.182 e. The van der Waals surface area contributed by atoms with Crippen molar-refractivity contribution in [3.63, 3.8) is 0 Å². The second-order valence-electron chi connectivity index (χ2n) is 5.69. The number of unbranched alkanes of at least 4 members (excludes halogenated alkanes) is 1. The van der Waals surface area contributed by atoms with Crippen molar-refractivity contribution in [2.24, 2.45) is 0 Å². The molecule has 1 atom stereocenters. The molecule has 7 nitrogen and oxygen atoms in total. The van der Waals surface area contributed by atoms with E-state index in [0.29, 0.717) is 18.4 Å². The minimum Gasteiger partial charge on any atom is -0.383 e. The molecule has 1 aromatic rings. The molecule has 0 radical (unpaired) electrons. The van der Waals surface area contributed by atoms with E-state index in [4.69, 9.17) is 5.73 Å². The summed E-state index contributed by atoms with van der Waals surface area (Å²) in [6, 6.07) is 0.299. The number of aryl methyl sites for hydroxylation is 1. The van der Waals surface area contributed by atoms with E-state index in [1.165, 1.54) is 6.26 Å². The molecule has 2 heterocycles. The van der Waals surface area contributed by atoms with Crippen molar-refractivity contribution >= 4 is 21.5 Å². The Bertz CT molecular complexity index is 596. The lowest BCUT2D eigenvalue weighted by Crippen LogP contribution is -2.49. The molecule has 0 aromatic carbocycles. The number of nitrogen functional groups attached to an aromatic ring is 1. The van der Waals surface area contributed by atoms with Crippen LogP contribution < -0.4 is 16.0 Å². The highest BCUT2D eigenvalue weighted by atomic mass is 32.2. The van der Waals surface area contributed by atoms with Crippen LogP contribution in [0.1, 0.15) is 26.7 Å². The maximum Gasteiger partial charge on any atom is 0.182 e. The zero-order valence-corrected chi connectivity index (χ0v) is 13.8. The minimum absolute atomic E-state index is 0.174. The average Bonchev–Trinajstić information content (AvgIpc) is 2.73. The summed E-state index contributed by atoms with van der Waals surface area (Å²) in [6.45, 7) is 7.07. The summed E-state index contributed by atoms with van der Waals surface area (Å²) >= 11 is 0. The van der Waals surface area contributed by atoms with E-state index >= 15 is 0 Å².